The molecule has 160 valence electrons. The Morgan fingerprint density at radius 1 is 1.03 bits per heavy atom. The highest BCUT2D eigenvalue weighted by molar-refractivity contribution is 5.91. The van der Waals surface area contributed by atoms with E-state index in [0.29, 0.717) is 0 Å². The predicted molar refractivity (Wildman–Crippen MR) is 134 cm³/mol. The lowest BCUT2D eigenvalue weighted by Gasteiger charge is -2.33. The summed E-state index contributed by atoms with van der Waals surface area (Å²) in [6.45, 7) is 11.8. The van der Waals surface area contributed by atoms with E-state index in [0.717, 1.165) is 37.0 Å². The molecule has 2 aromatic rings. The molecule has 3 unspecified atom stereocenters. The van der Waals surface area contributed by atoms with Gasteiger partial charge in [-0.15, -0.1) is 0 Å². The normalized spacial score (nSPS) is 26.2. The fraction of sp³-hybridized carbons (Fsp3) is 0.419. The molecular weight excluding hydrogens is 372 g/mol. The van der Waals surface area contributed by atoms with Gasteiger partial charge >= 0.3 is 0 Å². The number of hydrogen-bond acceptors (Lipinski definition) is 0. The van der Waals surface area contributed by atoms with Crippen molar-refractivity contribution in [2.75, 3.05) is 0 Å². The summed E-state index contributed by atoms with van der Waals surface area (Å²) in [5, 5.41) is 0. The van der Waals surface area contributed by atoms with Crippen LogP contribution in [0.1, 0.15) is 73.4 Å². The van der Waals surface area contributed by atoms with Crippen molar-refractivity contribution in [1.82, 2.24) is 0 Å². The van der Waals surface area contributed by atoms with Crippen molar-refractivity contribution in [3.63, 3.8) is 0 Å². The topological polar surface area (TPSA) is 0 Å². The van der Waals surface area contributed by atoms with Gasteiger partial charge in [-0.1, -0.05) is 88.7 Å². The van der Waals surface area contributed by atoms with E-state index in [-0.39, 0.29) is 0 Å². The lowest BCUT2D eigenvalue weighted by molar-refractivity contribution is 0.202. The molecule has 31 heavy (non-hydrogen) atoms. The van der Waals surface area contributed by atoms with Crippen LogP contribution in [0, 0.1) is 17.8 Å². The third-order valence-electron chi connectivity index (χ3n) is 8.28. The molecule has 3 aliphatic rings. The molecule has 0 heteroatoms. The van der Waals surface area contributed by atoms with Crippen molar-refractivity contribution in [3.8, 4) is 0 Å². The molecule has 1 fully saturated rings. The third-order valence-corrected chi connectivity index (χ3v) is 8.28. The lowest BCUT2D eigenvalue weighted by Crippen LogP contribution is -2.24. The maximum atomic E-state index is 4.55. The molecule has 0 radical (unpaired) electrons. The second-order valence-electron chi connectivity index (χ2n) is 10.3. The summed E-state index contributed by atoms with van der Waals surface area (Å²) < 4.78 is 0. The van der Waals surface area contributed by atoms with Crippen molar-refractivity contribution < 1.29 is 0 Å². The maximum Gasteiger partial charge on any atom is -0.00106 e. The fourth-order valence-corrected chi connectivity index (χ4v) is 6.25. The van der Waals surface area contributed by atoms with Gasteiger partial charge in [-0.25, -0.2) is 0 Å². The van der Waals surface area contributed by atoms with Gasteiger partial charge in [0.1, 0.15) is 0 Å². The Hall–Kier alpha value is -2.34. The first kappa shape index (κ1) is 20.6. The van der Waals surface area contributed by atoms with Crippen LogP contribution in [-0.4, -0.2) is 0 Å². The van der Waals surface area contributed by atoms with Crippen molar-refractivity contribution >= 4 is 11.1 Å². The highest BCUT2D eigenvalue weighted by Crippen LogP contribution is 2.43. The van der Waals surface area contributed by atoms with E-state index in [1.54, 1.807) is 16.7 Å². The Kier molecular flexibility index (Phi) is 5.51. The summed E-state index contributed by atoms with van der Waals surface area (Å²) in [7, 11) is 0. The van der Waals surface area contributed by atoms with Crippen LogP contribution in [0.4, 0.5) is 0 Å². The molecule has 0 spiro atoms. The summed E-state index contributed by atoms with van der Waals surface area (Å²) in [6, 6.07) is 13.6. The lowest BCUT2D eigenvalue weighted by atomic mass is 9.72. The van der Waals surface area contributed by atoms with Crippen LogP contribution in [0.5, 0.6) is 0 Å². The van der Waals surface area contributed by atoms with Gasteiger partial charge in [0.2, 0.25) is 0 Å². The molecule has 0 nitrogen and oxygen atoms in total. The number of rotatable bonds is 4. The Bertz CT molecular complexity index is 1080. The smallest absolute Gasteiger partial charge is 0.00106 e. The number of benzene rings is 2. The summed E-state index contributed by atoms with van der Waals surface area (Å²) in [4.78, 5) is 0. The fourth-order valence-electron chi connectivity index (χ4n) is 6.25. The molecule has 0 heterocycles. The quantitative estimate of drug-likeness (QED) is 0.481. The summed E-state index contributed by atoms with van der Waals surface area (Å²) in [6.07, 6.45) is 13.5. The molecule has 3 aliphatic carbocycles. The van der Waals surface area contributed by atoms with Crippen molar-refractivity contribution in [3.05, 3.63) is 94.1 Å². The second-order valence-corrected chi connectivity index (χ2v) is 10.3. The van der Waals surface area contributed by atoms with Crippen LogP contribution in [0.25, 0.3) is 11.1 Å². The van der Waals surface area contributed by atoms with Gasteiger partial charge in [0.05, 0.1) is 0 Å². The van der Waals surface area contributed by atoms with E-state index in [2.05, 4.69) is 75.9 Å². The predicted octanol–water partition coefficient (Wildman–Crippen LogP) is 8.00. The van der Waals surface area contributed by atoms with E-state index in [1.807, 2.05) is 0 Å². The molecule has 0 bridgehead atoms. The molecular formula is C31H36. The summed E-state index contributed by atoms with van der Waals surface area (Å²) in [5.41, 5.74) is 13.1. The highest BCUT2D eigenvalue weighted by Gasteiger charge is 2.30. The minimum absolute atomic E-state index is 0.825. The van der Waals surface area contributed by atoms with Gasteiger partial charge in [-0.3, -0.25) is 0 Å². The Morgan fingerprint density at radius 2 is 1.87 bits per heavy atom. The van der Waals surface area contributed by atoms with Gasteiger partial charge in [0, 0.05) is 0 Å². The molecule has 0 aromatic heterocycles. The zero-order valence-corrected chi connectivity index (χ0v) is 19.5. The van der Waals surface area contributed by atoms with Crippen LogP contribution >= 0.6 is 0 Å². The molecule has 0 saturated heterocycles. The Balaban J connectivity index is 1.48. The maximum absolute atomic E-state index is 4.55. The van der Waals surface area contributed by atoms with Crippen molar-refractivity contribution in [1.29, 1.82) is 0 Å². The molecule has 5 rings (SSSR count). The van der Waals surface area contributed by atoms with E-state index >= 15 is 0 Å². The van der Waals surface area contributed by atoms with Gasteiger partial charge < -0.3 is 0 Å². The monoisotopic (exact) mass is 408 g/mol. The van der Waals surface area contributed by atoms with E-state index in [4.69, 9.17) is 0 Å². The summed E-state index contributed by atoms with van der Waals surface area (Å²) >= 11 is 0. The first-order valence-electron chi connectivity index (χ1n) is 12.4. The van der Waals surface area contributed by atoms with Crippen molar-refractivity contribution in [2.45, 2.75) is 65.7 Å². The van der Waals surface area contributed by atoms with Gasteiger partial charge in [-0.2, -0.15) is 0 Å². The molecule has 0 amide bonds. The first-order valence-corrected chi connectivity index (χ1v) is 12.4. The average molecular weight is 409 g/mol. The zero-order valence-electron chi connectivity index (χ0n) is 19.5. The minimum atomic E-state index is 0.825. The number of aryl methyl sites for hydroxylation is 1. The molecule has 0 aliphatic heterocycles. The first-order chi connectivity index (χ1) is 15.0. The van der Waals surface area contributed by atoms with Crippen LogP contribution in [0.2, 0.25) is 0 Å². The second kappa shape index (κ2) is 8.30. The Labute approximate surface area is 188 Å². The van der Waals surface area contributed by atoms with Crippen LogP contribution in [0.3, 0.4) is 0 Å². The Morgan fingerprint density at radius 3 is 2.71 bits per heavy atom. The number of allylic oxidation sites excluding steroid dienone is 5. The van der Waals surface area contributed by atoms with E-state index in [1.165, 1.54) is 59.1 Å². The third kappa shape index (κ3) is 3.75. The largest absolute Gasteiger partial charge is 0.0909 e. The average Bonchev–Trinajstić information content (AvgIpc) is 3.33. The van der Waals surface area contributed by atoms with Gasteiger partial charge in [0.25, 0.3) is 0 Å². The van der Waals surface area contributed by atoms with Gasteiger partial charge in [0.15, 0.2) is 0 Å². The van der Waals surface area contributed by atoms with Gasteiger partial charge in [-0.05, 0) is 100.0 Å². The zero-order chi connectivity index (χ0) is 21.5. The molecule has 3 atom stereocenters. The molecule has 1 saturated carbocycles. The number of hydrogen-bond donors (Lipinski definition) is 0. The standard InChI is InChI=1S/C31H36/c1-5-23-14-15-28-22(4)27(17-25-13-12-24-8-6-7-9-29(24)25)19-31(28)30(23)18-26-16-20(2)10-11-21(26)3/h6-9,13-15,17,20-21,26H,4-5,10-12,16,18-19H2,1-3H3/b27-17+. The van der Waals surface area contributed by atoms with Crippen LogP contribution in [-0.2, 0) is 25.7 Å². The number of fused-ring (bicyclic) bond motifs is 2. The highest BCUT2D eigenvalue weighted by atomic mass is 14.3. The van der Waals surface area contributed by atoms with Crippen molar-refractivity contribution in [2.24, 2.45) is 17.8 Å². The van der Waals surface area contributed by atoms with E-state index in [9.17, 15) is 0 Å². The molecule has 0 N–H and O–H groups in total. The molecule has 2 aromatic carbocycles. The minimum Gasteiger partial charge on any atom is -0.0909 e. The SMILES string of the molecule is C=C1/C(=C/C2=CCc3ccccc32)Cc2c1ccc(CC)c2CC1CC(C)CCC1C. The van der Waals surface area contributed by atoms with Crippen LogP contribution < -0.4 is 0 Å². The van der Waals surface area contributed by atoms with E-state index < -0.39 is 0 Å². The summed E-state index contributed by atoms with van der Waals surface area (Å²) in [5.74, 6) is 2.55. The van der Waals surface area contributed by atoms with Crippen LogP contribution in [0.15, 0.2) is 60.7 Å².